The molecule has 3 amide bonds. The van der Waals surface area contributed by atoms with Crippen molar-refractivity contribution in [2.45, 2.75) is 13.1 Å². The number of fused-ring (bicyclic) bond motifs is 1. The zero-order valence-electron chi connectivity index (χ0n) is 14.6. The number of hydrogen-bond donors (Lipinski definition) is 1. The maximum atomic E-state index is 12.7. The van der Waals surface area contributed by atoms with Crippen molar-refractivity contribution < 1.29 is 14.4 Å². The Balaban J connectivity index is 1.50. The normalized spacial score (nSPS) is 13.0. The first kappa shape index (κ1) is 18.6. The Labute approximate surface area is 174 Å². The predicted molar refractivity (Wildman–Crippen MR) is 110 cm³/mol. The Kier molecular flexibility index (Phi) is 5.11. The van der Waals surface area contributed by atoms with Crippen molar-refractivity contribution >= 4 is 45.0 Å². The number of carbonyl (C=O) groups excluding carboxylic acids is 3. The van der Waals surface area contributed by atoms with Crippen molar-refractivity contribution in [3.63, 3.8) is 0 Å². The summed E-state index contributed by atoms with van der Waals surface area (Å²) in [6, 6.07) is 17.8. The molecular formula is C21H15BrN2O3S. The first-order valence-electron chi connectivity index (χ1n) is 8.59. The number of hydrogen-bond acceptors (Lipinski definition) is 4. The monoisotopic (exact) mass is 454 g/mol. The minimum Gasteiger partial charge on any atom is -0.347 e. The summed E-state index contributed by atoms with van der Waals surface area (Å²) in [5.74, 6) is -0.992. The molecule has 140 valence electrons. The molecule has 1 aliphatic rings. The van der Waals surface area contributed by atoms with Crippen LogP contribution in [0.15, 0.2) is 64.5 Å². The Morgan fingerprint density at radius 3 is 2.43 bits per heavy atom. The number of halogens is 1. The first-order valence-corrected chi connectivity index (χ1v) is 10.2. The first-order chi connectivity index (χ1) is 13.5. The number of rotatable bonds is 5. The number of nitrogens with zero attached hydrogens (tertiary/aromatic N) is 1. The van der Waals surface area contributed by atoms with E-state index in [-0.39, 0.29) is 29.8 Å². The predicted octanol–water partition coefficient (Wildman–Crippen LogP) is 4.24. The van der Waals surface area contributed by atoms with E-state index >= 15 is 0 Å². The van der Waals surface area contributed by atoms with E-state index in [1.807, 2.05) is 42.5 Å². The van der Waals surface area contributed by atoms with Gasteiger partial charge < -0.3 is 5.32 Å². The third kappa shape index (κ3) is 3.63. The Bertz CT molecular complexity index is 1080. The fourth-order valence-electron chi connectivity index (χ4n) is 3.06. The van der Waals surface area contributed by atoms with Gasteiger partial charge in [-0.2, -0.15) is 0 Å². The van der Waals surface area contributed by atoms with Gasteiger partial charge in [0, 0.05) is 10.4 Å². The molecule has 0 unspecified atom stereocenters. The van der Waals surface area contributed by atoms with E-state index in [2.05, 4.69) is 21.2 Å². The smallest absolute Gasteiger partial charge is 0.261 e. The summed E-state index contributed by atoms with van der Waals surface area (Å²) < 4.78 is 0.997. The van der Waals surface area contributed by atoms with Crippen molar-refractivity contribution in [2.24, 2.45) is 0 Å². The van der Waals surface area contributed by atoms with Crippen LogP contribution in [-0.4, -0.2) is 22.6 Å². The number of benzene rings is 2. The summed E-state index contributed by atoms with van der Waals surface area (Å²) in [6.45, 7) is 0.612. The maximum absolute atomic E-state index is 12.7. The molecular weight excluding hydrogens is 440 g/mol. The molecule has 0 atom stereocenters. The van der Waals surface area contributed by atoms with Gasteiger partial charge in [0.05, 0.1) is 28.0 Å². The van der Waals surface area contributed by atoms with Gasteiger partial charge >= 0.3 is 0 Å². The topological polar surface area (TPSA) is 66.5 Å². The van der Waals surface area contributed by atoms with Crippen molar-refractivity contribution in [1.82, 2.24) is 10.2 Å². The van der Waals surface area contributed by atoms with Gasteiger partial charge in [-0.05, 0) is 51.8 Å². The van der Waals surface area contributed by atoms with Crippen LogP contribution in [0.3, 0.4) is 0 Å². The van der Waals surface area contributed by atoms with Crippen LogP contribution in [0.4, 0.5) is 0 Å². The average Bonchev–Trinajstić information content (AvgIpc) is 3.23. The van der Waals surface area contributed by atoms with E-state index < -0.39 is 0 Å². The zero-order chi connectivity index (χ0) is 19.7. The highest BCUT2D eigenvalue weighted by Crippen LogP contribution is 2.26. The van der Waals surface area contributed by atoms with Crippen molar-refractivity contribution in [3.8, 4) is 0 Å². The Morgan fingerprint density at radius 2 is 1.71 bits per heavy atom. The van der Waals surface area contributed by atoms with Crippen LogP contribution in [0.1, 0.15) is 41.5 Å². The number of amides is 3. The lowest BCUT2D eigenvalue weighted by Gasteiger charge is -2.13. The van der Waals surface area contributed by atoms with Crippen LogP contribution in [0.5, 0.6) is 0 Å². The molecule has 0 radical (unpaired) electrons. The van der Waals surface area contributed by atoms with Crippen LogP contribution in [0.2, 0.25) is 0 Å². The average molecular weight is 455 g/mol. The van der Waals surface area contributed by atoms with Gasteiger partial charge in [0.1, 0.15) is 0 Å². The molecule has 7 heteroatoms. The van der Waals surface area contributed by atoms with Crippen LogP contribution in [0, 0.1) is 0 Å². The SMILES string of the molecule is O=C(NCc1ccc(Br)s1)c1ccc2c(c1)C(=O)N(Cc1ccccc1)C2=O. The van der Waals surface area contributed by atoms with Crippen LogP contribution < -0.4 is 5.32 Å². The van der Waals surface area contributed by atoms with Crippen molar-refractivity contribution in [2.75, 3.05) is 0 Å². The van der Waals surface area contributed by atoms with Gasteiger partial charge in [0.2, 0.25) is 0 Å². The summed E-state index contributed by atoms with van der Waals surface area (Å²) >= 11 is 4.93. The molecule has 1 aliphatic heterocycles. The molecule has 5 nitrogen and oxygen atoms in total. The van der Waals surface area contributed by atoms with Gasteiger partial charge in [-0.3, -0.25) is 19.3 Å². The third-order valence-electron chi connectivity index (χ3n) is 4.47. The van der Waals surface area contributed by atoms with Crippen molar-refractivity contribution in [1.29, 1.82) is 0 Å². The van der Waals surface area contributed by atoms with Crippen molar-refractivity contribution in [3.05, 3.63) is 91.6 Å². The van der Waals surface area contributed by atoms with Gasteiger partial charge in [-0.25, -0.2) is 0 Å². The molecule has 0 bridgehead atoms. The molecule has 1 aromatic heterocycles. The Morgan fingerprint density at radius 1 is 0.964 bits per heavy atom. The second-order valence-corrected chi connectivity index (χ2v) is 8.88. The maximum Gasteiger partial charge on any atom is 0.261 e. The van der Waals surface area contributed by atoms with Gasteiger partial charge in [-0.15, -0.1) is 11.3 Å². The van der Waals surface area contributed by atoms with Gasteiger partial charge in [0.25, 0.3) is 17.7 Å². The lowest BCUT2D eigenvalue weighted by atomic mass is 10.1. The molecule has 4 rings (SSSR count). The molecule has 3 aromatic rings. The van der Waals surface area contributed by atoms with Crippen LogP contribution >= 0.6 is 27.3 Å². The minimum absolute atomic E-state index is 0.210. The molecule has 0 saturated carbocycles. The molecule has 0 spiro atoms. The highest BCUT2D eigenvalue weighted by Gasteiger charge is 2.35. The molecule has 2 aromatic carbocycles. The summed E-state index contributed by atoms with van der Waals surface area (Å²) in [5, 5.41) is 2.84. The van der Waals surface area contributed by atoms with E-state index in [1.54, 1.807) is 23.5 Å². The van der Waals surface area contributed by atoms with Gasteiger partial charge in [-0.1, -0.05) is 30.3 Å². The zero-order valence-corrected chi connectivity index (χ0v) is 17.0. The van der Waals surface area contributed by atoms with Gasteiger partial charge in [0.15, 0.2) is 0 Å². The second kappa shape index (κ2) is 7.69. The summed E-state index contributed by atoms with van der Waals surface area (Å²) in [4.78, 5) is 40.0. The lowest BCUT2D eigenvalue weighted by molar-refractivity contribution is 0.0642. The molecule has 28 heavy (non-hydrogen) atoms. The fourth-order valence-corrected chi connectivity index (χ4v) is 4.48. The Hall–Kier alpha value is -2.77. The highest BCUT2D eigenvalue weighted by molar-refractivity contribution is 9.11. The number of thiophene rings is 1. The molecule has 0 aliphatic carbocycles. The second-order valence-electron chi connectivity index (χ2n) is 6.33. The molecule has 1 N–H and O–H groups in total. The lowest BCUT2D eigenvalue weighted by Crippen LogP contribution is -2.29. The number of imide groups is 1. The number of carbonyl (C=O) groups is 3. The van der Waals surface area contributed by atoms with E-state index in [4.69, 9.17) is 0 Å². The van der Waals surface area contributed by atoms with E-state index in [0.717, 1.165) is 14.2 Å². The minimum atomic E-state index is -0.374. The molecule has 2 heterocycles. The third-order valence-corrected chi connectivity index (χ3v) is 6.09. The molecule has 0 saturated heterocycles. The quantitative estimate of drug-likeness (QED) is 0.586. The van der Waals surface area contributed by atoms with E-state index in [1.165, 1.54) is 11.0 Å². The standard InChI is InChI=1S/C21H15BrN2O3S/c22-18-9-7-15(28-18)11-23-19(25)14-6-8-16-17(10-14)21(27)24(20(16)26)12-13-4-2-1-3-5-13/h1-10H,11-12H2,(H,23,25). The summed E-state index contributed by atoms with van der Waals surface area (Å²) in [5.41, 5.74) is 1.83. The summed E-state index contributed by atoms with van der Waals surface area (Å²) in [6.07, 6.45) is 0. The fraction of sp³-hybridized carbons (Fsp3) is 0.0952. The van der Waals surface area contributed by atoms with E-state index in [9.17, 15) is 14.4 Å². The van der Waals surface area contributed by atoms with Crippen LogP contribution in [-0.2, 0) is 13.1 Å². The summed E-state index contributed by atoms with van der Waals surface area (Å²) in [7, 11) is 0. The molecule has 0 fully saturated rings. The number of nitrogens with one attached hydrogen (secondary N) is 1. The highest BCUT2D eigenvalue weighted by atomic mass is 79.9. The van der Waals surface area contributed by atoms with Crippen LogP contribution in [0.25, 0.3) is 0 Å². The van der Waals surface area contributed by atoms with E-state index in [0.29, 0.717) is 17.7 Å². The largest absolute Gasteiger partial charge is 0.347 e.